The van der Waals surface area contributed by atoms with Crippen LogP contribution in [0.25, 0.3) is 10.8 Å². The normalized spacial score (nSPS) is 18.4. The molecule has 2 aromatic carbocycles. The maximum atomic E-state index is 8.72. The van der Waals surface area contributed by atoms with Crippen LogP contribution in [-0.4, -0.2) is 19.2 Å². The van der Waals surface area contributed by atoms with Gasteiger partial charge in [-0.1, -0.05) is 24.3 Å². The summed E-state index contributed by atoms with van der Waals surface area (Å²) in [6.07, 6.45) is 1.82. The fourth-order valence-electron chi connectivity index (χ4n) is 2.47. The smallest absolute Gasteiger partial charge is 0.120 e. The molecule has 19 heavy (non-hydrogen) atoms. The molecule has 3 nitrogen and oxygen atoms in total. The first-order valence-corrected chi connectivity index (χ1v) is 6.62. The van der Waals surface area contributed by atoms with Gasteiger partial charge < -0.3 is 10.1 Å². The van der Waals surface area contributed by atoms with Crippen LogP contribution in [0, 0.1) is 11.3 Å². The summed E-state index contributed by atoms with van der Waals surface area (Å²) in [4.78, 5) is 0. The van der Waals surface area contributed by atoms with Crippen molar-refractivity contribution >= 4 is 10.8 Å². The lowest BCUT2D eigenvalue weighted by atomic mass is 10.1. The summed E-state index contributed by atoms with van der Waals surface area (Å²) in [6.45, 7) is 1.97. The van der Waals surface area contributed by atoms with Crippen molar-refractivity contribution in [3.05, 3.63) is 42.0 Å². The molecule has 0 aliphatic carbocycles. The van der Waals surface area contributed by atoms with E-state index >= 15 is 0 Å². The van der Waals surface area contributed by atoms with Crippen LogP contribution in [0.3, 0.4) is 0 Å². The first-order valence-electron chi connectivity index (χ1n) is 6.62. The Morgan fingerprint density at radius 1 is 1.21 bits per heavy atom. The standard InChI is InChI=1S/C16H16N2O/c17-7-5-12-1-2-14-10-15(4-3-13(14)9-12)19-16-6-8-18-11-16/h1-4,9-10,16,18H,5-6,8,11H2. The molecule has 1 N–H and O–H groups in total. The highest BCUT2D eigenvalue weighted by Gasteiger charge is 2.15. The van der Waals surface area contributed by atoms with Gasteiger partial charge in [0.1, 0.15) is 11.9 Å². The molecule has 0 radical (unpaired) electrons. The van der Waals surface area contributed by atoms with Crippen LogP contribution in [0.1, 0.15) is 12.0 Å². The van der Waals surface area contributed by atoms with Crippen LogP contribution in [0.15, 0.2) is 36.4 Å². The third-order valence-electron chi connectivity index (χ3n) is 3.48. The van der Waals surface area contributed by atoms with Crippen molar-refractivity contribution in [2.75, 3.05) is 13.1 Å². The maximum absolute atomic E-state index is 8.72. The lowest BCUT2D eigenvalue weighted by molar-refractivity contribution is 0.223. The van der Waals surface area contributed by atoms with E-state index in [4.69, 9.17) is 10.00 Å². The Hall–Kier alpha value is -2.05. The number of nitrogens with zero attached hydrogens (tertiary/aromatic N) is 1. The molecule has 1 fully saturated rings. The van der Waals surface area contributed by atoms with Crippen molar-refractivity contribution in [3.63, 3.8) is 0 Å². The van der Waals surface area contributed by atoms with Gasteiger partial charge in [0.05, 0.1) is 12.5 Å². The highest BCUT2D eigenvalue weighted by molar-refractivity contribution is 5.84. The van der Waals surface area contributed by atoms with E-state index in [2.05, 4.69) is 35.7 Å². The second kappa shape index (κ2) is 5.29. The van der Waals surface area contributed by atoms with E-state index in [-0.39, 0.29) is 6.10 Å². The molecule has 3 heteroatoms. The Bertz CT molecular complexity index is 624. The summed E-state index contributed by atoms with van der Waals surface area (Å²) >= 11 is 0. The van der Waals surface area contributed by atoms with E-state index in [1.807, 2.05) is 12.1 Å². The number of fused-ring (bicyclic) bond motifs is 1. The van der Waals surface area contributed by atoms with Gasteiger partial charge in [-0.2, -0.15) is 5.26 Å². The van der Waals surface area contributed by atoms with E-state index in [0.717, 1.165) is 41.6 Å². The predicted octanol–water partition coefficient (Wildman–Crippen LogP) is 2.65. The Balaban J connectivity index is 1.84. The van der Waals surface area contributed by atoms with Gasteiger partial charge in [-0.25, -0.2) is 0 Å². The summed E-state index contributed by atoms with van der Waals surface area (Å²) in [5.74, 6) is 0.925. The molecule has 0 aromatic heterocycles. The van der Waals surface area contributed by atoms with Gasteiger partial charge in [-0.3, -0.25) is 0 Å². The van der Waals surface area contributed by atoms with Crippen molar-refractivity contribution in [3.8, 4) is 11.8 Å². The van der Waals surface area contributed by atoms with Crippen molar-refractivity contribution in [1.29, 1.82) is 5.26 Å². The Morgan fingerprint density at radius 3 is 2.84 bits per heavy atom. The van der Waals surface area contributed by atoms with Crippen LogP contribution in [0.4, 0.5) is 0 Å². The third-order valence-corrected chi connectivity index (χ3v) is 3.48. The number of hydrogen-bond acceptors (Lipinski definition) is 3. The fourth-order valence-corrected chi connectivity index (χ4v) is 2.47. The van der Waals surface area contributed by atoms with Gasteiger partial charge in [0.2, 0.25) is 0 Å². The highest BCUT2D eigenvalue weighted by atomic mass is 16.5. The van der Waals surface area contributed by atoms with E-state index in [1.54, 1.807) is 0 Å². The second-order valence-corrected chi connectivity index (χ2v) is 4.91. The topological polar surface area (TPSA) is 45.0 Å². The zero-order valence-corrected chi connectivity index (χ0v) is 10.7. The largest absolute Gasteiger partial charge is 0.489 e. The molecule has 3 rings (SSSR count). The van der Waals surface area contributed by atoms with E-state index in [9.17, 15) is 0 Å². The van der Waals surface area contributed by atoms with Crippen LogP contribution in [-0.2, 0) is 6.42 Å². The quantitative estimate of drug-likeness (QED) is 0.913. The number of nitrogens with one attached hydrogen (secondary N) is 1. The molecule has 0 spiro atoms. The summed E-state index contributed by atoms with van der Waals surface area (Å²) in [7, 11) is 0. The van der Waals surface area contributed by atoms with E-state index < -0.39 is 0 Å². The van der Waals surface area contributed by atoms with Crippen LogP contribution < -0.4 is 10.1 Å². The second-order valence-electron chi connectivity index (χ2n) is 4.91. The zero-order valence-electron chi connectivity index (χ0n) is 10.7. The first-order chi connectivity index (χ1) is 9.35. The maximum Gasteiger partial charge on any atom is 0.120 e. The molecule has 0 amide bonds. The van der Waals surface area contributed by atoms with Crippen LogP contribution in [0.5, 0.6) is 5.75 Å². The summed E-state index contributed by atoms with van der Waals surface area (Å²) in [6, 6.07) is 14.5. The molecule has 2 aromatic rings. The molecule has 0 bridgehead atoms. The zero-order chi connectivity index (χ0) is 13.1. The number of benzene rings is 2. The van der Waals surface area contributed by atoms with Crippen molar-refractivity contribution in [2.24, 2.45) is 0 Å². The van der Waals surface area contributed by atoms with E-state index in [1.165, 1.54) is 0 Å². The van der Waals surface area contributed by atoms with Crippen molar-refractivity contribution in [1.82, 2.24) is 5.32 Å². The Morgan fingerprint density at radius 2 is 2.05 bits per heavy atom. The monoisotopic (exact) mass is 252 g/mol. The molecule has 1 saturated heterocycles. The third kappa shape index (κ3) is 2.69. The van der Waals surface area contributed by atoms with Gasteiger partial charge in [0, 0.05) is 6.54 Å². The number of rotatable bonds is 3. The number of ether oxygens (including phenoxy) is 1. The van der Waals surface area contributed by atoms with E-state index in [0.29, 0.717) is 6.42 Å². The molecule has 1 aliphatic rings. The van der Waals surface area contributed by atoms with Crippen LogP contribution in [0.2, 0.25) is 0 Å². The summed E-state index contributed by atoms with van der Waals surface area (Å²) in [5, 5.41) is 14.3. The fraction of sp³-hybridized carbons (Fsp3) is 0.312. The molecule has 1 unspecified atom stereocenters. The molecule has 1 atom stereocenters. The summed E-state index contributed by atoms with van der Waals surface area (Å²) in [5.41, 5.74) is 1.06. The molecular formula is C16H16N2O. The van der Waals surface area contributed by atoms with Gasteiger partial charge in [0.25, 0.3) is 0 Å². The lowest BCUT2D eigenvalue weighted by Crippen LogP contribution is -2.19. The lowest BCUT2D eigenvalue weighted by Gasteiger charge is -2.13. The number of nitriles is 1. The minimum atomic E-state index is 0.287. The Kier molecular flexibility index (Phi) is 3.35. The average Bonchev–Trinajstić information content (AvgIpc) is 2.92. The molecule has 0 saturated carbocycles. The minimum Gasteiger partial charge on any atom is -0.489 e. The molecule has 1 heterocycles. The minimum absolute atomic E-state index is 0.287. The van der Waals surface area contributed by atoms with Gasteiger partial charge >= 0.3 is 0 Å². The highest BCUT2D eigenvalue weighted by Crippen LogP contribution is 2.23. The SMILES string of the molecule is N#CCc1ccc2cc(OC3CCNC3)ccc2c1. The summed E-state index contributed by atoms with van der Waals surface area (Å²) < 4.78 is 5.95. The van der Waals surface area contributed by atoms with Gasteiger partial charge in [-0.15, -0.1) is 0 Å². The van der Waals surface area contributed by atoms with Crippen molar-refractivity contribution < 1.29 is 4.74 Å². The number of hydrogen-bond donors (Lipinski definition) is 1. The van der Waals surface area contributed by atoms with Crippen LogP contribution >= 0.6 is 0 Å². The van der Waals surface area contributed by atoms with Crippen molar-refractivity contribution in [2.45, 2.75) is 18.9 Å². The Labute approximate surface area is 112 Å². The van der Waals surface area contributed by atoms with Gasteiger partial charge in [0.15, 0.2) is 0 Å². The average molecular weight is 252 g/mol. The molecule has 96 valence electrons. The molecular weight excluding hydrogens is 236 g/mol. The predicted molar refractivity (Wildman–Crippen MR) is 75.2 cm³/mol. The first kappa shape index (κ1) is 12.0. The molecule has 1 aliphatic heterocycles. The van der Waals surface area contributed by atoms with Gasteiger partial charge in [-0.05, 0) is 41.4 Å².